The van der Waals surface area contributed by atoms with Gasteiger partial charge in [0.15, 0.2) is 18.1 Å². The number of thioether (sulfide) groups is 1. The van der Waals surface area contributed by atoms with E-state index in [1.54, 1.807) is 42.5 Å². The lowest BCUT2D eigenvalue weighted by Gasteiger charge is -2.14. The van der Waals surface area contributed by atoms with Crippen LogP contribution in [-0.4, -0.2) is 35.7 Å². The number of anilines is 1. The predicted octanol–water partition coefficient (Wildman–Crippen LogP) is 7.13. The van der Waals surface area contributed by atoms with Crippen LogP contribution in [0.25, 0.3) is 6.08 Å². The summed E-state index contributed by atoms with van der Waals surface area (Å²) in [5.41, 5.74) is 1.94. The number of carbonyl (C=O) groups excluding carboxylic acids is 3. The summed E-state index contributed by atoms with van der Waals surface area (Å²) in [6.07, 6.45) is 1.62. The lowest BCUT2D eigenvalue weighted by molar-refractivity contribution is -0.123. The van der Waals surface area contributed by atoms with Crippen molar-refractivity contribution in [1.29, 1.82) is 0 Å². The summed E-state index contributed by atoms with van der Waals surface area (Å²) < 4.78 is 12.6. The number of nitrogens with zero attached hydrogens (tertiary/aromatic N) is 1. The minimum Gasteiger partial charge on any atom is -0.493 e. The minimum atomic E-state index is -0.398. The molecule has 0 radical (unpaired) electrons. The van der Waals surface area contributed by atoms with E-state index in [9.17, 15) is 14.4 Å². The van der Waals surface area contributed by atoms with Crippen LogP contribution in [0.4, 0.5) is 10.5 Å². The van der Waals surface area contributed by atoms with Gasteiger partial charge >= 0.3 is 0 Å². The van der Waals surface area contributed by atoms with E-state index in [4.69, 9.17) is 21.1 Å². The number of hydrogen-bond donors (Lipinski definition) is 1. The van der Waals surface area contributed by atoms with Gasteiger partial charge in [-0.15, -0.1) is 0 Å². The number of benzene rings is 3. The summed E-state index contributed by atoms with van der Waals surface area (Å²) in [4.78, 5) is 39.3. The second-order valence-electron chi connectivity index (χ2n) is 7.75. The molecule has 3 amide bonds. The molecular weight excluding hydrogens is 648 g/mol. The second-order valence-corrected chi connectivity index (χ2v) is 10.9. The average Bonchev–Trinajstić information content (AvgIpc) is 3.13. The first-order chi connectivity index (χ1) is 17.7. The first-order valence-corrected chi connectivity index (χ1v) is 13.6. The van der Waals surface area contributed by atoms with Crippen molar-refractivity contribution < 1.29 is 23.9 Å². The molecule has 1 fully saturated rings. The summed E-state index contributed by atoms with van der Waals surface area (Å²) in [6, 6.07) is 17.7. The quantitative estimate of drug-likeness (QED) is 0.258. The molecule has 11 heteroatoms. The fourth-order valence-corrected chi connectivity index (χ4v) is 5.27. The number of para-hydroxylation sites is 1. The van der Waals surface area contributed by atoms with Crippen molar-refractivity contribution in [3.05, 3.63) is 90.7 Å². The Hall–Kier alpha value is -2.79. The van der Waals surface area contributed by atoms with Crippen molar-refractivity contribution in [1.82, 2.24) is 4.90 Å². The van der Waals surface area contributed by atoms with Crippen molar-refractivity contribution in [2.45, 2.75) is 6.54 Å². The van der Waals surface area contributed by atoms with Crippen LogP contribution < -0.4 is 14.8 Å². The lowest BCUT2D eigenvalue weighted by Crippen LogP contribution is -2.27. The first kappa shape index (κ1) is 27.3. The first-order valence-electron chi connectivity index (χ1n) is 10.8. The van der Waals surface area contributed by atoms with E-state index in [1.807, 2.05) is 24.3 Å². The van der Waals surface area contributed by atoms with Crippen molar-refractivity contribution in [2.24, 2.45) is 0 Å². The Morgan fingerprint density at radius 3 is 2.54 bits per heavy atom. The molecule has 1 heterocycles. The van der Waals surface area contributed by atoms with Crippen LogP contribution in [0.5, 0.6) is 11.5 Å². The molecule has 3 aromatic rings. The van der Waals surface area contributed by atoms with E-state index in [1.165, 1.54) is 12.0 Å². The number of carbonyl (C=O) groups is 3. The summed E-state index contributed by atoms with van der Waals surface area (Å²) in [7, 11) is 1.47. The molecule has 7 nitrogen and oxygen atoms in total. The smallest absolute Gasteiger partial charge is 0.293 e. The second kappa shape index (κ2) is 12.2. The standard InChI is InChI=1S/C26H19Br2ClN2O5S/c1-35-21-11-16(10-18(28)24(21)36-14-23(32)30-20-5-3-2-4-19(20)29)12-22-25(33)31(26(34)37-22)13-15-6-8-17(27)9-7-15/h2-12H,13-14H2,1H3,(H,30,32)/b22-12-. The molecule has 37 heavy (non-hydrogen) atoms. The molecular formula is C26H19Br2ClN2O5S. The Morgan fingerprint density at radius 1 is 1.11 bits per heavy atom. The predicted molar refractivity (Wildman–Crippen MR) is 152 cm³/mol. The molecule has 190 valence electrons. The van der Waals surface area contributed by atoms with Gasteiger partial charge in [0.2, 0.25) is 0 Å². The van der Waals surface area contributed by atoms with Crippen LogP contribution in [0.1, 0.15) is 11.1 Å². The summed E-state index contributed by atoms with van der Waals surface area (Å²) in [6.45, 7) is -0.0974. The number of rotatable bonds is 8. The van der Waals surface area contributed by atoms with E-state index in [-0.39, 0.29) is 24.3 Å². The van der Waals surface area contributed by atoms with Crippen molar-refractivity contribution in [2.75, 3.05) is 19.0 Å². The maximum absolute atomic E-state index is 12.9. The van der Waals surface area contributed by atoms with Gasteiger partial charge in [-0.2, -0.15) is 0 Å². The van der Waals surface area contributed by atoms with E-state index in [2.05, 4.69) is 37.2 Å². The van der Waals surface area contributed by atoms with Crippen LogP contribution in [0.15, 0.2) is 74.5 Å². The van der Waals surface area contributed by atoms with E-state index in [0.29, 0.717) is 37.2 Å². The Bertz CT molecular complexity index is 1400. The summed E-state index contributed by atoms with van der Waals surface area (Å²) in [5.74, 6) is -0.104. The maximum Gasteiger partial charge on any atom is 0.293 e. The third-order valence-electron chi connectivity index (χ3n) is 5.17. The van der Waals surface area contributed by atoms with Gasteiger partial charge in [-0.05, 0) is 81.3 Å². The Kier molecular flexibility index (Phi) is 8.96. The van der Waals surface area contributed by atoms with Gasteiger partial charge < -0.3 is 14.8 Å². The minimum absolute atomic E-state index is 0.186. The van der Waals surface area contributed by atoms with Crippen LogP contribution in [-0.2, 0) is 16.1 Å². The monoisotopic (exact) mass is 664 g/mol. The number of amides is 3. The van der Waals surface area contributed by atoms with Crippen molar-refractivity contribution in [3.63, 3.8) is 0 Å². The van der Waals surface area contributed by atoms with Gasteiger partial charge in [0.05, 0.1) is 33.7 Å². The molecule has 3 aromatic carbocycles. The number of halogens is 3. The molecule has 0 spiro atoms. The van der Waals surface area contributed by atoms with Gasteiger partial charge in [0.1, 0.15) is 0 Å². The summed E-state index contributed by atoms with van der Waals surface area (Å²) >= 11 is 13.8. The molecule has 0 aromatic heterocycles. The van der Waals surface area contributed by atoms with Crippen LogP contribution in [0.3, 0.4) is 0 Å². The summed E-state index contributed by atoms with van der Waals surface area (Å²) in [5, 5.41) is 2.77. The molecule has 4 rings (SSSR count). The Labute approximate surface area is 239 Å². The number of imide groups is 1. The fourth-order valence-electron chi connectivity index (χ4n) is 3.41. The lowest BCUT2D eigenvalue weighted by atomic mass is 10.1. The van der Waals surface area contributed by atoms with Gasteiger partial charge in [-0.1, -0.05) is 51.8 Å². The zero-order valence-corrected chi connectivity index (χ0v) is 24.0. The average molecular weight is 667 g/mol. The van der Waals surface area contributed by atoms with E-state index >= 15 is 0 Å². The van der Waals surface area contributed by atoms with Crippen LogP contribution in [0, 0.1) is 0 Å². The molecule has 1 saturated heterocycles. The van der Waals surface area contributed by atoms with Crippen LogP contribution in [0.2, 0.25) is 5.02 Å². The topological polar surface area (TPSA) is 84.9 Å². The SMILES string of the molecule is COc1cc(/C=C2\SC(=O)N(Cc3ccc(Br)cc3)C2=O)cc(Br)c1OCC(=O)Nc1ccccc1Cl. The Morgan fingerprint density at radius 2 is 1.84 bits per heavy atom. The maximum atomic E-state index is 12.9. The van der Waals surface area contributed by atoms with Gasteiger partial charge in [-0.3, -0.25) is 19.3 Å². The van der Waals surface area contributed by atoms with Crippen molar-refractivity contribution >= 4 is 84.0 Å². The molecule has 0 atom stereocenters. The van der Waals surface area contributed by atoms with Gasteiger partial charge in [0, 0.05) is 4.47 Å². The van der Waals surface area contributed by atoms with E-state index in [0.717, 1.165) is 21.8 Å². The third kappa shape index (κ3) is 6.75. The molecule has 0 bridgehead atoms. The fraction of sp³-hybridized carbons (Fsp3) is 0.115. The zero-order chi connectivity index (χ0) is 26.5. The number of nitrogens with one attached hydrogen (secondary N) is 1. The Balaban J connectivity index is 1.47. The third-order valence-corrected chi connectivity index (χ3v) is 7.53. The number of hydrogen-bond acceptors (Lipinski definition) is 6. The number of methoxy groups -OCH3 is 1. The molecule has 1 N–H and O–H groups in total. The molecule has 0 aliphatic carbocycles. The van der Waals surface area contributed by atoms with Crippen LogP contribution >= 0.6 is 55.2 Å². The van der Waals surface area contributed by atoms with Gasteiger partial charge in [-0.25, -0.2) is 0 Å². The van der Waals surface area contributed by atoms with E-state index < -0.39 is 5.91 Å². The highest BCUT2D eigenvalue weighted by Gasteiger charge is 2.35. The number of ether oxygens (including phenoxy) is 2. The highest BCUT2D eigenvalue weighted by Crippen LogP contribution is 2.39. The van der Waals surface area contributed by atoms with Crippen molar-refractivity contribution in [3.8, 4) is 11.5 Å². The zero-order valence-electron chi connectivity index (χ0n) is 19.3. The molecule has 0 unspecified atom stereocenters. The molecule has 0 saturated carbocycles. The largest absolute Gasteiger partial charge is 0.493 e. The normalized spacial score (nSPS) is 14.3. The highest BCUT2D eigenvalue weighted by molar-refractivity contribution is 9.10. The highest BCUT2D eigenvalue weighted by atomic mass is 79.9. The molecule has 1 aliphatic rings. The van der Waals surface area contributed by atoms with Gasteiger partial charge in [0.25, 0.3) is 17.1 Å². The molecule has 1 aliphatic heterocycles.